The fraction of sp³-hybridized carbons (Fsp3) is 0.462. The van der Waals surface area contributed by atoms with E-state index in [4.69, 9.17) is 17.3 Å². The van der Waals surface area contributed by atoms with Crippen molar-refractivity contribution in [1.82, 2.24) is 5.32 Å². The highest BCUT2D eigenvalue weighted by Gasteiger charge is 2.23. The molecule has 1 aromatic carbocycles. The molecule has 0 heterocycles. The Bertz CT molecular complexity index is 391. The number of hydrogen-bond donors (Lipinski definition) is 2. The molecule has 1 aromatic rings. The lowest BCUT2D eigenvalue weighted by Gasteiger charge is -2.29. The predicted molar refractivity (Wildman–Crippen MR) is 69.1 cm³/mol. The van der Waals surface area contributed by atoms with Gasteiger partial charge in [-0.05, 0) is 37.1 Å². The zero-order valence-electron chi connectivity index (χ0n) is 9.66. The average Bonchev–Trinajstić information content (AvgIpc) is 2.33. The first kappa shape index (κ1) is 12.4. The zero-order valence-corrected chi connectivity index (χ0v) is 10.4. The van der Waals surface area contributed by atoms with Gasteiger partial charge in [-0.1, -0.05) is 24.4 Å². The number of carbonyl (C=O) groups is 1. The molecule has 92 valence electrons. The number of amides is 1. The van der Waals surface area contributed by atoms with Gasteiger partial charge in [0.15, 0.2) is 0 Å². The van der Waals surface area contributed by atoms with Crippen molar-refractivity contribution in [3.8, 4) is 0 Å². The molecule has 1 aliphatic rings. The third-order valence-electron chi connectivity index (χ3n) is 3.24. The summed E-state index contributed by atoms with van der Waals surface area (Å²) in [6, 6.07) is 7.08. The Morgan fingerprint density at radius 3 is 2.53 bits per heavy atom. The molecule has 0 unspecified atom stereocenters. The van der Waals surface area contributed by atoms with Gasteiger partial charge in [-0.15, -0.1) is 0 Å². The highest BCUT2D eigenvalue weighted by atomic mass is 35.5. The van der Waals surface area contributed by atoms with Crippen LogP contribution in [0.5, 0.6) is 0 Å². The molecule has 0 spiro atoms. The lowest BCUT2D eigenvalue weighted by molar-refractivity contribution is 0.0921. The number of hydrogen-bond acceptors (Lipinski definition) is 2. The van der Waals surface area contributed by atoms with Crippen LogP contribution in [0.4, 0.5) is 0 Å². The Hall–Kier alpha value is -1.06. The molecule has 4 heteroatoms. The van der Waals surface area contributed by atoms with Crippen LogP contribution in [-0.2, 0) is 0 Å². The summed E-state index contributed by atoms with van der Waals surface area (Å²) in [6.07, 6.45) is 4.26. The molecule has 1 amide bonds. The third-order valence-corrected chi connectivity index (χ3v) is 3.49. The molecular formula is C13H17ClN2O. The maximum absolute atomic E-state index is 12.0. The topological polar surface area (TPSA) is 55.1 Å². The molecule has 2 rings (SSSR count). The van der Waals surface area contributed by atoms with Crippen LogP contribution in [0.25, 0.3) is 0 Å². The van der Waals surface area contributed by atoms with Crippen LogP contribution < -0.4 is 11.1 Å². The first-order valence-corrected chi connectivity index (χ1v) is 6.36. The van der Waals surface area contributed by atoms with E-state index in [-0.39, 0.29) is 18.0 Å². The molecule has 3 N–H and O–H groups in total. The van der Waals surface area contributed by atoms with Gasteiger partial charge in [0.2, 0.25) is 0 Å². The molecule has 3 nitrogen and oxygen atoms in total. The fourth-order valence-electron chi connectivity index (χ4n) is 2.19. The van der Waals surface area contributed by atoms with Gasteiger partial charge in [-0.25, -0.2) is 0 Å². The molecule has 0 radical (unpaired) electrons. The molecule has 0 aliphatic heterocycles. The van der Waals surface area contributed by atoms with Crippen LogP contribution >= 0.6 is 11.6 Å². The molecule has 1 saturated carbocycles. The number of benzene rings is 1. The number of halogens is 1. The second-order valence-electron chi connectivity index (χ2n) is 4.54. The Morgan fingerprint density at radius 1 is 1.24 bits per heavy atom. The van der Waals surface area contributed by atoms with Gasteiger partial charge in [0, 0.05) is 22.7 Å². The van der Waals surface area contributed by atoms with Gasteiger partial charge in [0.25, 0.3) is 5.91 Å². The molecule has 0 bridgehead atoms. The molecule has 1 aliphatic carbocycles. The quantitative estimate of drug-likeness (QED) is 0.849. The van der Waals surface area contributed by atoms with Crippen molar-refractivity contribution >= 4 is 17.5 Å². The van der Waals surface area contributed by atoms with E-state index >= 15 is 0 Å². The summed E-state index contributed by atoms with van der Waals surface area (Å²) in [5.74, 6) is -0.0657. The predicted octanol–water partition coefficient (Wildman–Crippen LogP) is 2.34. The van der Waals surface area contributed by atoms with Gasteiger partial charge in [-0.2, -0.15) is 0 Å². The van der Waals surface area contributed by atoms with Gasteiger partial charge in [0.1, 0.15) is 0 Å². The second-order valence-corrected chi connectivity index (χ2v) is 4.97. The number of nitrogens with one attached hydrogen (secondary N) is 1. The first-order valence-electron chi connectivity index (χ1n) is 5.99. The summed E-state index contributed by atoms with van der Waals surface area (Å²) >= 11 is 5.78. The zero-order chi connectivity index (χ0) is 12.3. The minimum absolute atomic E-state index is 0.0657. The van der Waals surface area contributed by atoms with Crippen LogP contribution in [0.15, 0.2) is 24.3 Å². The van der Waals surface area contributed by atoms with Crippen LogP contribution in [0.2, 0.25) is 5.02 Å². The van der Waals surface area contributed by atoms with Crippen molar-refractivity contribution in [2.75, 3.05) is 0 Å². The van der Waals surface area contributed by atoms with Crippen LogP contribution in [0.1, 0.15) is 36.0 Å². The van der Waals surface area contributed by atoms with E-state index < -0.39 is 0 Å². The van der Waals surface area contributed by atoms with Crippen LogP contribution in [-0.4, -0.2) is 18.0 Å². The van der Waals surface area contributed by atoms with Gasteiger partial charge in [-0.3, -0.25) is 4.79 Å². The smallest absolute Gasteiger partial charge is 0.251 e. The highest BCUT2D eigenvalue weighted by molar-refractivity contribution is 6.30. The number of rotatable bonds is 2. The summed E-state index contributed by atoms with van der Waals surface area (Å²) in [7, 11) is 0. The summed E-state index contributed by atoms with van der Waals surface area (Å²) < 4.78 is 0. The van der Waals surface area contributed by atoms with E-state index in [2.05, 4.69) is 5.32 Å². The van der Waals surface area contributed by atoms with Crippen LogP contribution in [0, 0.1) is 0 Å². The van der Waals surface area contributed by atoms with E-state index in [9.17, 15) is 4.79 Å². The summed E-state index contributed by atoms with van der Waals surface area (Å²) in [5.41, 5.74) is 6.63. The highest BCUT2D eigenvalue weighted by Crippen LogP contribution is 2.17. The van der Waals surface area contributed by atoms with Gasteiger partial charge >= 0.3 is 0 Å². The molecular weight excluding hydrogens is 236 g/mol. The molecule has 1 fully saturated rings. The molecule has 17 heavy (non-hydrogen) atoms. The van der Waals surface area contributed by atoms with E-state index in [0.29, 0.717) is 10.6 Å². The minimum atomic E-state index is -0.0657. The normalized spacial score (nSPS) is 24.4. The van der Waals surface area contributed by atoms with Crippen LogP contribution in [0.3, 0.4) is 0 Å². The third kappa shape index (κ3) is 3.20. The standard InChI is InChI=1S/C13H17ClN2O/c14-10-7-5-9(6-8-10)13(17)16-12-4-2-1-3-11(12)15/h5-8,11-12H,1-4,15H2,(H,16,17)/t11-,12-/m1/s1. The SMILES string of the molecule is N[C@@H]1CCCC[C@H]1NC(=O)c1ccc(Cl)cc1. The maximum Gasteiger partial charge on any atom is 0.251 e. The first-order chi connectivity index (χ1) is 8.16. The largest absolute Gasteiger partial charge is 0.348 e. The van der Waals surface area contributed by atoms with Crippen molar-refractivity contribution in [2.45, 2.75) is 37.8 Å². The van der Waals surface area contributed by atoms with Gasteiger partial charge < -0.3 is 11.1 Å². The second kappa shape index (κ2) is 5.52. The monoisotopic (exact) mass is 252 g/mol. The fourth-order valence-corrected chi connectivity index (χ4v) is 2.32. The van der Waals surface area contributed by atoms with E-state index in [0.717, 1.165) is 25.7 Å². The van der Waals surface area contributed by atoms with Crippen molar-refractivity contribution in [3.63, 3.8) is 0 Å². The summed E-state index contributed by atoms with van der Waals surface area (Å²) in [5, 5.41) is 3.63. The Kier molecular flexibility index (Phi) is 4.02. The Balaban J connectivity index is 1.98. The van der Waals surface area contributed by atoms with E-state index in [1.165, 1.54) is 0 Å². The lowest BCUT2D eigenvalue weighted by atomic mass is 9.91. The van der Waals surface area contributed by atoms with Crippen molar-refractivity contribution < 1.29 is 4.79 Å². The molecule has 0 aromatic heterocycles. The van der Waals surface area contributed by atoms with E-state index in [1.54, 1.807) is 24.3 Å². The Morgan fingerprint density at radius 2 is 1.88 bits per heavy atom. The Labute approximate surface area is 106 Å². The van der Waals surface area contributed by atoms with Gasteiger partial charge in [0.05, 0.1) is 0 Å². The minimum Gasteiger partial charge on any atom is -0.348 e. The summed E-state index contributed by atoms with van der Waals surface area (Å²) in [4.78, 5) is 12.0. The van der Waals surface area contributed by atoms with Crippen molar-refractivity contribution in [2.24, 2.45) is 5.73 Å². The number of carbonyl (C=O) groups excluding carboxylic acids is 1. The van der Waals surface area contributed by atoms with Crippen molar-refractivity contribution in [1.29, 1.82) is 0 Å². The average molecular weight is 253 g/mol. The maximum atomic E-state index is 12.0. The molecule has 2 atom stereocenters. The lowest BCUT2D eigenvalue weighted by Crippen LogP contribution is -2.49. The number of nitrogens with two attached hydrogens (primary N) is 1. The molecule has 0 saturated heterocycles. The van der Waals surface area contributed by atoms with Crippen molar-refractivity contribution in [3.05, 3.63) is 34.9 Å². The van der Waals surface area contributed by atoms with E-state index in [1.807, 2.05) is 0 Å². The summed E-state index contributed by atoms with van der Waals surface area (Å²) in [6.45, 7) is 0.